The average Bonchev–Trinajstić information content (AvgIpc) is 2.91. The Morgan fingerprint density at radius 2 is 1.68 bits per heavy atom. The number of carbonyl (C=O) groups excluding carboxylic acids is 1. The van der Waals surface area contributed by atoms with Crippen LogP contribution in [0.15, 0.2) is 85.3 Å². The molecule has 3 unspecified atom stereocenters. The van der Waals surface area contributed by atoms with Crippen LogP contribution in [0.2, 0.25) is 0 Å². The number of rotatable bonds is 16. The van der Waals surface area contributed by atoms with Crippen molar-refractivity contribution in [2.75, 3.05) is 13.1 Å². The SMILES string of the molecule is CCC=CCC=CCC=CCC=CCC=CCCCC(=O)N1CCC(NC(O)c2cccnc2)C(C)C1. The molecule has 0 spiro atoms. The summed E-state index contributed by atoms with van der Waals surface area (Å²) in [5, 5.41) is 13.7. The molecule has 1 saturated heterocycles. The summed E-state index contributed by atoms with van der Waals surface area (Å²) in [5.41, 5.74) is 0.767. The van der Waals surface area contributed by atoms with Gasteiger partial charge in [-0.3, -0.25) is 15.1 Å². The normalized spacial score (nSPS) is 19.8. The summed E-state index contributed by atoms with van der Waals surface area (Å²) < 4.78 is 0. The van der Waals surface area contributed by atoms with E-state index in [2.05, 4.69) is 84.9 Å². The predicted molar refractivity (Wildman–Crippen MR) is 155 cm³/mol. The molecular weight excluding hydrogens is 458 g/mol. The Balaban J connectivity index is 1.52. The van der Waals surface area contributed by atoms with Crippen LogP contribution in [-0.4, -0.2) is 40.0 Å². The van der Waals surface area contributed by atoms with Gasteiger partial charge < -0.3 is 10.0 Å². The van der Waals surface area contributed by atoms with Gasteiger partial charge in [0.25, 0.3) is 0 Å². The standard InChI is InChI=1S/C32H47N3O2/c1-3-4-5-6-7-8-9-10-11-12-13-14-15-16-17-18-19-22-31(36)35-25-23-30(28(2)27-35)34-32(37)29-21-20-24-33-26-29/h4-5,7-8,10-11,13-14,16-17,20-21,24,26,28,30,32,34,37H,3,6,9,12,15,18-19,22-23,25,27H2,1-2H3. The molecule has 2 heterocycles. The van der Waals surface area contributed by atoms with Crippen molar-refractivity contribution >= 4 is 5.91 Å². The van der Waals surface area contributed by atoms with Crippen molar-refractivity contribution in [3.05, 3.63) is 90.9 Å². The highest BCUT2D eigenvalue weighted by Crippen LogP contribution is 2.21. The van der Waals surface area contributed by atoms with Crippen molar-refractivity contribution in [1.82, 2.24) is 15.2 Å². The van der Waals surface area contributed by atoms with Crippen LogP contribution in [0, 0.1) is 5.92 Å². The number of unbranched alkanes of at least 4 members (excludes halogenated alkanes) is 1. The number of aliphatic hydroxyl groups excluding tert-OH is 1. The molecule has 0 radical (unpaired) electrons. The number of pyridine rings is 1. The van der Waals surface area contributed by atoms with E-state index in [1.165, 1.54) is 0 Å². The molecule has 0 saturated carbocycles. The third-order valence-corrected chi connectivity index (χ3v) is 6.55. The van der Waals surface area contributed by atoms with E-state index in [0.717, 1.165) is 70.0 Å². The maximum atomic E-state index is 12.7. The molecule has 0 bridgehead atoms. The van der Waals surface area contributed by atoms with Crippen LogP contribution in [0.25, 0.3) is 0 Å². The van der Waals surface area contributed by atoms with Gasteiger partial charge in [-0.2, -0.15) is 0 Å². The number of amides is 1. The van der Waals surface area contributed by atoms with Crippen molar-refractivity contribution in [3.63, 3.8) is 0 Å². The Hall–Kier alpha value is -2.76. The summed E-state index contributed by atoms with van der Waals surface area (Å²) in [5.74, 6) is 0.528. The fraction of sp³-hybridized carbons (Fsp3) is 0.500. The van der Waals surface area contributed by atoms with Crippen molar-refractivity contribution in [2.45, 2.75) is 83.9 Å². The second kappa shape index (κ2) is 19.4. The average molecular weight is 506 g/mol. The minimum Gasteiger partial charge on any atom is -0.374 e. The lowest BCUT2D eigenvalue weighted by molar-refractivity contribution is -0.133. The molecule has 5 heteroatoms. The van der Waals surface area contributed by atoms with E-state index in [4.69, 9.17) is 0 Å². The number of carbonyl (C=O) groups is 1. The highest BCUT2D eigenvalue weighted by Gasteiger charge is 2.29. The molecule has 1 aromatic rings. The summed E-state index contributed by atoms with van der Waals surface area (Å²) in [6.07, 6.45) is 33.0. The minimum atomic E-state index is -0.730. The highest BCUT2D eigenvalue weighted by atomic mass is 16.3. The van der Waals surface area contributed by atoms with Gasteiger partial charge in [-0.1, -0.05) is 80.7 Å². The fourth-order valence-corrected chi connectivity index (χ4v) is 4.35. The second-order valence-electron chi connectivity index (χ2n) is 9.67. The predicted octanol–water partition coefficient (Wildman–Crippen LogP) is 6.82. The number of aromatic nitrogens is 1. The van der Waals surface area contributed by atoms with Gasteiger partial charge in [-0.05, 0) is 63.4 Å². The van der Waals surface area contributed by atoms with Gasteiger partial charge in [0.1, 0.15) is 6.23 Å². The lowest BCUT2D eigenvalue weighted by atomic mass is 9.93. The van der Waals surface area contributed by atoms with E-state index < -0.39 is 6.23 Å². The summed E-state index contributed by atoms with van der Waals surface area (Å²) in [4.78, 5) is 18.7. The first-order valence-electron chi connectivity index (χ1n) is 14.0. The Morgan fingerprint density at radius 3 is 2.24 bits per heavy atom. The van der Waals surface area contributed by atoms with Crippen LogP contribution >= 0.6 is 0 Å². The number of nitrogens with zero attached hydrogens (tertiary/aromatic N) is 2. The first-order chi connectivity index (χ1) is 18.1. The molecule has 2 N–H and O–H groups in total. The molecule has 1 aliphatic rings. The minimum absolute atomic E-state index is 0.181. The van der Waals surface area contributed by atoms with Gasteiger partial charge >= 0.3 is 0 Å². The fourth-order valence-electron chi connectivity index (χ4n) is 4.35. The zero-order valence-electron chi connectivity index (χ0n) is 22.8. The first kappa shape index (κ1) is 30.5. The van der Waals surface area contributed by atoms with Gasteiger partial charge in [-0.25, -0.2) is 0 Å². The summed E-state index contributed by atoms with van der Waals surface area (Å²) in [6.45, 7) is 5.77. The van der Waals surface area contributed by atoms with E-state index in [9.17, 15) is 9.90 Å². The zero-order valence-corrected chi connectivity index (χ0v) is 22.8. The third-order valence-electron chi connectivity index (χ3n) is 6.55. The van der Waals surface area contributed by atoms with Crippen LogP contribution in [0.1, 0.15) is 83.4 Å². The lowest BCUT2D eigenvalue weighted by Gasteiger charge is -2.38. The molecule has 1 fully saturated rings. The smallest absolute Gasteiger partial charge is 0.222 e. The number of nitrogens with one attached hydrogen (secondary N) is 1. The molecule has 1 aromatic heterocycles. The molecule has 1 amide bonds. The Labute approximate surface area is 224 Å². The maximum absolute atomic E-state index is 12.7. The van der Waals surface area contributed by atoms with Crippen molar-refractivity contribution in [2.24, 2.45) is 5.92 Å². The Bertz CT molecular complexity index is 889. The van der Waals surface area contributed by atoms with E-state index in [1.54, 1.807) is 12.4 Å². The summed E-state index contributed by atoms with van der Waals surface area (Å²) >= 11 is 0. The quantitative estimate of drug-likeness (QED) is 0.147. The molecule has 2 rings (SSSR count). The topological polar surface area (TPSA) is 65.5 Å². The highest BCUT2D eigenvalue weighted by molar-refractivity contribution is 5.76. The van der Waals surface area contributed by atoms with Gasteiger partial charge in [0.2, 0.25) is 5.91 Å². The Kier molecular flexibility index (Phi) is 15.9. The first-order valence-corrected chi connectivity index (χ1v) is 14.0. The molecule has 3 atom stereocenters. The number of aliphatic hydroxyl groups is 1. The van der Waals surface area contributed by atoms with Gasteiger partial charge in [0.15, 0.2) is 0 Å². The van der Waals surface area contributed by atoms with Gasteiger partial charge in [-0.15, -0.1) is 0 Å². The van der Waals surface area contributed by atoms with Crippen molar-refractivity contribution in [1.29, 1.82) is 0 Å². The van der Waals surface area contributed by atoms with Crippen molar-refractivity contribution in [3.8, 4) is 0 Å². The maximum Gasteiger partial charge on any atom is 0.222 e. The summed E-state index contributed by atoms with van der Waals surface area (Å²) in [7, 11) is 0. The van der Waals surface area contributed by atoms with E-state index in [-0.39, 0.29) is 17.9 Å². The van der Waals surface area contributed by atoms with Gasteiger partial charge in [0.05, 0.1) is 0 Å². The monoisotopic (exact) mass is 505 g/mol. The molecule has 5 nitrogen and oxygen atoms in total. The third kappa shape index (κ3) is 13.4. The van der Waals surface area contributed by atoms with E-state index in [1.807, 2.05) is 17.0 Å². The number of hydrogen-bond donors (Lipinski definition) is 2. The van der Waals surface area contributed by atoms with Crippen LogP contribution in [0.5, 0.6) is 0 Å². The van der Waals surface area contributed by atoms with E-state index in [0.29, 0.717) is 6.42 Å². The molecule has 0 aliphatic carbocycles. The molecular formula is C32H47N3O2. The van der Waals surface area contributed by atoms with E-state index >= 15 is 0 Å². The number of likely N-dealkylation sites (tertiary alicyclic amines) is 1. The molecule has 202 valence electrons. The van der Waals surface area contributed by atoms with Crippen LogP contribution in [0.4, 0.5) is 0 Å². The second-order valence-corrected chi connectivity index (χ2v) is 9.67. The molecule has 37 heavy (non-hydrogen) atoms. The lowest BCUT2D eigenvalue weighted by Crippen LogP contribution is -2.50. The molecule has 0 aromatic carbocycles. The zero-order chi connectivity index (χ0) is 26.6. The van der Waals surface area contributed by atoms with Crippen molar-refractivity contribution < 1.29 is 9.90 Å². The Morgan fingerprint density at radius 1 is 1.05 bits per heavy atom. The number of allylic oxidation sites excluding steroid dienone is 10. The molecule has 1 aliphatic heterocycles. The number of piperidine rings is 1. The van der Waals surface area contributed by atoms with Crippen LogP contribution < -0.4 is 5.32 Å². The largest absolute Gasteiger partial charge is 0.374 e. The summed E-state index contributed by atoms with van der Waals surface area (Å²) in [6, 6.07) is 3.87. The van der Waals surface area contributed by atoms with Gasteiger partial charge in [0, 0.05) is 43.5 Å². The van der Waals surface area contributed by atoms with Crippen LogP contribution in [0.3, 0.4) is 0 Å². The number of hydrogen-bond acceptors (Lipinski definition) is 4. The van der Waals surface area contributed by atoms with Crippen LogP contribution in [-0.2, 0) is 4.79 Å².